The zero-order valence-electron chi connectivity index (χ0n) is 10.6. The summed E-state index contributed by atoms with van der Waals surface area (Å²) in [4.78, 5) is 12.9. The molecule has 1 aromatic rings. The normalized spacial score (nSPS) is 12.7. The van der Waals surface area contributed by atoms with Gasteiger partial charge in [0.15, 0.2) is 6.10 Å². The number of aliphatic carboxylic acids is 1. The highest BCUT2D eigenvalue weighted by Gasteiger charge is 2.19. The van der Waals surface area contributed by atoms with Gasteiger partial charge in [0, 0.05) is 24.7 Å². The molecule has 18 heavy (non-hydrogen) atoms. The second-order valence-corrected chi connectivity index (χ2v) is 4.48. The number of hydrogen-bond donors (Lipinski definition) is 1. The molecule has 0 heterocycles. The molecule has 0 aliphatic carbocycles. The third-order valence-electron chi connectivity index (χ3n) is 2.52. The molecule has 0 aliphatic heterocycles. The smallest absolute Gasteiger partial charge is 0.334 e. The zero-order chi connectivity index (χ0) is 13.5. The van der Waals surface area contributed by atoms with E-state index in [1.807, 2.05) is 36.2 Å². The largest absolute Gasteiger partial charge is 0.479 e. The van der Waals surface area contributed by atoms with Crippen LogP contribution in [0.3, 0.4) is 0 Å². The van der Waals surface area contributed by atoms with Gasteiger partial charge < -0.3 is 9.84 Å². The zero-order valence-corrected chi connectivity index (χ0v) is 11.4. The Balaban J connectivity index is 2.57. The number of ether oxygens (including phenoxy) is 1. The van der Waals surface area contributed by atoms with Gasteiger partial charge in [-0.15, -0.1) is 0 Å². The first-order valence-corrected chi connectivity index (χ1v) is 6.18. The molecule has 1 unspecified atom stereocenters. The van der Waals surface area contributed by atoms with Gasteiger partial charge in [0.05, 0.1) is 0 Å². The number of carboxylic acid groups (broad SMARTS) is 1. The molecule has 0 saturated heterocycles. The molecule has 1 N–H and O–H groups in total. The Morgan fingerprint density at radius 3 is 2.72 bits per heavy atom. The number of carbonyl (C=O) groups is 1. The molecule has 0 fully saturated rings. The first kappa shape index (κ1) is 15.0. The summed E-state index contributed by atoms with van der Waals surface area (Å²) in [5.41, 5.74) is 0.974. The summed E-state index contributed by atoms with van der Waals surface area (Å²) in [7, 11) is 1.85. The van der Waals surface area contributed by atoms with Crippen molar-refractivity contribution in [2.45, 2.75) is 19.6 Å². The van der Waals surface area contributed by atoms with E-state index in [4.69, 9.17) is 21.4 Å². The molecule has 5 heteroatoms. The fourth-order valence-corrected chi connectivity index (χ4v) is 1.86. The third-order valence-corrected chi connectivity index (χ3v) is 2.89. The second kappa shape index (κ2) is 7.36. The van der Waals surface area contributed by atoms with E-state index in [1.165, 1.54) is 0 Å². The van der Waals surface area contributed by atoms with E-state index in [-0.39, 0.29) is 0 Å². The summed E-state index contributed by atoms with van der Waals surface area (Å²) in [5.74, 6) is -0.942. The van der Waals surface area contributed by atoms with Crippen molar-refractivity contribution in [1.82, 2.24) is 4.90 Å². The van der Waals surface area contributed by atoms with E-state index in [0.717, 1.165) is 5.56 Å². The number of halogens is 1. The molecule has 0 aromatic heterocycles. The lowest BCUT2D eigenvalue weighted by Crippen LogP contribution is -2.36. The van der Waals surface area contributed by atoms with Crippen LogP contribution < -0.4 is 0 Å². The Hall–Kier alpha value is -1.10. The fourth-order valence-electron chi connectivity index (χ4n) is 1.67. The molecule has 0 bridgehead atoms. The lowest BCUT2D eigenvalue weighted by molar-refractivity contribution is -0.151. The van der Waals surface area contributed by atoms with Gasteiger partial charge in [-0.05, 0) is 25.6 Å². The van der Waals surface area contributed by atoms with Crippen LogP contribution in [0.15, 0.2) is 24.3 Å². The Labute approximate surface area is 112 Å². The lowest BCUT2D eigenvalue weighted by Gasteiger charge is -2.21. The molecule has 4 nitrogen and oxygen atoms in total. The maximum atomic E-state index is 11.0. The van der Waals surface area contributed by atoms with E-state index in [0.29, 0.717) is 24.7 Å². The number of benzene rings is 1. The summed E-state index contributed by atoms with van der Waals surface area (Å²) >= 11 is 6.05. The van der Waals surface area contributed by atoms with Crippen molar-refractivity contribution in [3.63, 3.8) is 0 Å². The Morgan fingerprint density at radius 1 is 1.50 bits per heavy atom. The maximum absolute atomic E-state index is 11.0. The second-order valence-electron chi connectivity index (χ2n) is 4.07. The topological polar surface area (TPSA) is 49.8 Å². The minimum atomic E-state index is -0.942. The van der Waals surface area contributed by atoms with Crippen molar-refractivity contribution in [2.75, 3.05) is 20.2 Å². The van der Waals surface area contributed by atoms with Gasteiger partial charge in [0.2, 0.25) is 0 Å². The van der Waals surface area contributed by atoms with Gasteiger partial charge in [0.25, 0.3) is 0 Å². The maximum Gasteiger partial charge on any atom is 0.334 e. The van der Waals surface area contributed by atoms with Gasteiger partial charge in [-0.1, -0.05) is 29.8 Å². The summed E-state index contributed by atoms with van der Waals surface area (Å²) in [6.45, 7) is 3.09. The average molecular weight is 272 g/mol. The van der Waals surface area contributed by atoms with Crippen molar-refractivity contribution >= 4 is 17.6 Å². The SMILES string of the molecule is CCOC(CN(C)Cc1ccccc1Cl)C(=O)O. The highest BCUT2D eigenvalue weighted by atomic mass is 35.5. The number of rotatable bonds is 7. The van der Waals surface area contributed by atoms with Crippen LogP contribution in [0.25, 0.3) is 0 Å². The summed E-state index contributed by atoms with van der Waals surface area (Å²) in [5, 5.41) is 9.68. The molecule has 0 aliphatic rings. The third kappa shape index (κ3) is 4.64. The predicted octanol–water partition coefficient (Wildman–Crippen LogP) is 2.26. The minimum Gasteiger partial charge on any atom is -0.479 e. The van der Waals surface area contributed by atoms with Crippen LogP contribution in [0, 0.1) is 0 Å². The first-order chi connectivity index (χ1) is 8.54. The van der Waals surface area contributed by atoms with E-state index in [2.05, 4.69) is 0 Å². The number of likely N-dealkylation sites (N-methyl/N-ethyl adjacent to an activating group) is 1. The molecule has 1 atom stereocenters. The van der Waals surface area contributed by atoms with Gasteiger partial charge in [-0.25, -0.2) is 4.79 Å². The fraction of sp³-hybridized carbons (Fsp3) is 0.462. The monoisotopic (exact) mass is 271 g/mol. The summed E-state index contributed by atoms with van der Waals surface area (Å²) in [6.07, 6.45) is -0.803. The summed E-state index contributed by atoms with van der Waals surface area (Å²) in [6, 6.07) is 7.52. The van der Waals surface area contributed by atoms with E-state index in [1.54, 1.807) is 6.92 Å². The molecule has 0 amide bonds. The van der Waals surface area contributed by atoms with Crippen molar-refractivity contribution in [3.05, 3.63) is 34.9 Å². The average Bonchev–Trinajstić information content (AvgIpc) is 2.31. The Morgan fingerprint density at radius 2 is 2.17 bits per heavy atom. The van der Waals surface area contributed by atoms with Crippen LogP contribution in [0.2, 0.25) is 5.02 Å². The van der Waals surface area contributed by atoms with Crippen LogP contribution in [-0.2, 0) is 16.1 Å². The highest BCUT2D eigenvalue weighted by molar-refractivity contribution is 6.31. The van der Waals surface area contributed by atoms with Crippen LogP contribution >= 0.6 is 11.6 Å². The van der Waals surface area contributed by atoms with E-state index < -0.39 is 12.1 Å². The molecule has 0 spiro atoms. The quantitative estimate of drug-likeness (QED) is 0.826. The minimum absolute atomic E-state index is 0.328. The molecule has 0 radical (unpaired) electrons. The Kier molecular flexibility index (Phi) is 6.12. The highest BCUT2D eigenvalue weighted by Crippen LogP contribution is 2.16. The van der Waals surface area contributed by atoms with E-state index >= 15 is 0 Å². The number of carboxylic acids is 1. The molecule has 1 aromatic carbocycles. The Bertz CT molecular complexity index is 398. The summed E-state index contributed by atoms with van der Waals surface area (Å²) < 4.78 is 5.17. The molecule has 1 rings (SSSR count). The van der Waals surface area contributed by atoms with Crippen molar-refractivity contribution < 1.29 is 14.6 Å². The van der Waals surface area contributed by atoms with Crippen LogP contribution in [-0.4, -0.2) is 42.3 Å². The number of nitrogens with zero attached hydrogens (tertiary/aromatic N) is 1. The van der Waals surface area contributed by atoms with Crippen LogP contribution in [0.5, 0.6) is 0 Å². The van der Waals surface area contributed by atoms with Crippen molar-refractivity contribution in [2.24, 2.45) is 0 Å². The van der Waals surface area contributed by atoms with Gasteiger partial charge >= 0.3 is 5.97 Å². The van der Waals surface area contributed by atoms with Crippen molar-refractivity contribution in [3.8, 4) is 0 Å². The van der Waals surface area contributed by atoms with E-state index in [9.17, 15) is 4.79 Å². The molecule has 100 valence electrons. The van der Waals surface area contributed by atoms with Crippen molar-refractivity contribution in [1.29, 1.82) is 0 Å². The molecular formula is C13H18ClNO3. The standard InChI is InChI=1S/C13H18ClNO3/c1-3-18-12(13(16)17)9-15(2)8-10-6-4-5-7-11(10)14/h4-7,12H,3,8-9H2,1-2H3,(H,16,17). The first-order valence-electron chi connectivity index (χ1n) is 5.81. The predicted molar refractivity (Wildman–Crippen MR) is 70.8 cm³/mol. The van der Waals surface area contributed by atoms with Crippen LogP contribution in [0.4, 0.5) is 0 Å². The van der Waals surface area contributed by atoms with Crippen LogP contribution in [0.1, 0.15) is 12.5 Å². The lowest BCUT2D eigenvalue weighted by atomic mass is 10.2. The van der Waals surface area contributed by atoms with Gasteiger partial charge in [-0.3, -0.25) is 4.90 Å². The molecular weight excluding hydrogens is 254 g/mol. The number of hydrogen-bond acceptors (Lipinski definition) is 3. The molecule has 0 saturated carbocycles. The van der Waals surface area contributed by atoms with Gasteiger partial charge in [-0.2, -0.15) is 0 Å². The van der Waals surface area contributed by atoms with Gasteiger partial charge in [0.1, 0.15) is 0 Å².